The Hall–Kier alpha value is -2.29. The van der Waals surface area contributed by atoms with Crippen molar-refractivity contribution in [2.45, 2.75) is 19.8 Å². The number of nitrogens with zero attached hydrogens (tertiary/aromatic N) is 2. The Morgan fingerprint density at radius 1 is 1.16 bits per heavy atom. The lowest BCUT2D eigenvalue weighted by molar-refractivity contribution is -0.117. The Kier molecular flexibility index (Phi) is 2.01. The van der Waals surface area contributed by atoms with E-state index in [1.807, 2.05) is 19.1 Å². The fraction of sp³-hybridized carbons (Fsp3) is 0.188. The monoisotopic (exact) mass is 248 g/mol. The minimum Gasteiger partial charge on any atom is -0.299 e. The second-order valence-electron chi connectivity index (χ2n) is 5.14. The molecule has 0 fully saturated rings. The Balaban J connectivity index is 2.13. The van der Waals surface area contributed by atoms with Crippen LogP contribution in [0.25, 0.3) is 16.8 Å². The lowest BCUT2D eigenvalue weighted by Crippen LogP contribution is -2.20. The third-order valence-electron chi connectivity index (χ3n) is 3.86. The maximum Gasteiger partial charge on any atom is 0.141 e. The molecule has 1 aliphatic carbocycles. The number of hydrogen-bond donors (Lipinski definition) is 0. The summed E-state index contributed by atoms with van der Waals surface area (Å²) in [7, 11) is 0. The minimum atomic E-state index is 0.287. The summed E-state index contributed by atoms with van der Waals surface area (Å²) < 4.78 is 0. The average Bonchev–Trinajstić information content (AvgIpc) is 2.78. The summed E-state index contributed by atoms with van der Waals surface area (Å²) in [5.74, 6) is 0.287. The van der Waals surface area contributed by atoms with Crippen LogP contribution in [0, 0.1) is 0 Å². The molecule has 2 aliphatic rings. The second kappa shape index (κ2) is 3.60. The largest absolute Gasteiger partial charge is 0.299 e. The van der Waals surface area contributed by atoms with Crippen LogP contribution in [0.3, 0.4) is 0 Å². The van der Waals surface area contributed by atoms with E-state index in [-0.39, 0.29) is 5.78 Å². The second-order valence-corrected chi connectivity index (χ2v) is 5.14. The number of carbonyl (C=O) groups excluding carboxylic acids is 1. The zero-order chi connectivity index (χ0) is 13.0. The molecule has 0 radical (unpaired) electrons. The molecule has 2 aromatic carbocycles. The lowest BCUT2D eigenvalue weighted by Gasteiger charge is -2.11. The zero-order valence-corrected chi connectivity index (χ0v) is 10.6. The highest BCUT2D eigenvalue weighted by Crippen LogP contribution is 2.20. The summed E-state index contributed by atoms with van der Waals surface area (Å²) in [5, 5.41) is 12.8. The van der Waals surface area contributed by atoms with Crippen molar-refractivity contribution in [1.82, 2.24) is 0 Å². The molecule has 92 valence electrons. The van der Waals surface area contributed by atoms with Crippen LogP contribution in [0.2, 0.25) is 0 Å². The van der Waals surface area contributed by atoms with E-state index in [1.165, 1.54) is 10.6 Å². The molecule has 1 heterocycles. The highest BCUT2D eigenvalue weighted by molar-refractivity contribution is 6.10. The number of fused-ring (bicyclic) bond motifs is 4. The number of benzene rings is 2. The summed E-state index contributed by atoms with van der Waals surface area (Å²) >= 11 is 0. The SMILES string of the molecule is CC1=NN=c2ccc3cc4c(cc3c21)CC(=O)CC=4. The summed E-state index contributed by atoms with van der Waals surface area (Å²) in [6, 6.07) is 8.40. The van der Waals surface area contributed by atoms with Crippen LogP contribution in [0.15, 0.2) is 34.5 Å². The van der Waals surface area contributed by atoms with E-state index >= 15 is 0 Å². The minimum absolute atomic E-state index is 0.287. The van der Waals surface area contributed by atoms with Crippen LogP contribution in [-0.2, 0) is 11.2 Å². The van der Waals surface area contributed by atoms with Gasteiger partial charge in [-0.25, -0.2) is 0 Å². The highest BCUT2D eigenvalue weighted by Gasteiger charge is 2.15. The Morgan fingerprint density at radius 3 is 2.95 bits per heavy atom. The van der Waals surface area contributed by atoms with Crippen molar-refractivity contribution < 1.29 is 4.79 Å². The van der Waals surface area contributed by atoms with Gasteiger partial charge in [0.05, 0.1) is 11.1 Å². The molecule has 0 N–H and O–H groups in total. The first kappa shape index (κ1) is 10.6. The van der Waals surface area contributed by atoms with Gasteiger partial charge in [0.25, 0.3) is 0 Å². The van der Waals surface area contributed by atoms with Crippen LogP contribution in [0.4, 0.5) is 0 Å². The third-order valence-corrected chi connectivity index (χ3v) is 3.86. The molecule has 0 saturated heterocycles. The summed E-state index contributed by atoms with van der Waals surface area (Å²) in [6.07, 6.45) is 3.12. The molecule has 0 unspecified atom stereocenters. The van der Waals surface area contributed by atoms with E-state index in [0.717, 1.165) is 27.6 Å². The lowest BCUT2D eigenvalue weighted by atomic mass is 9.92. The van der Waals surface area contributed by atoms with E-state index in [0.29, 0.717) is 12.8 Å². The first-order chi connectivity index (χ1) is 9.22. The van der Waals surface area contributed by atoms with Crippen molar-refractivity contribution in [3.05, 3.63) is 46.0 Å². The van der Waals surface area contributed by atoms with Gasteiger partial charge in [-0.1, -0.05) is 12.1 Å². The zero-order valence-electron chi connectivity index (χ0n) is 10.6. The first-order valence-corrected chi connectivity index (χ1v) is 6.42. The molecule has 3 nitrogen and oxygen atoms in total. The van der Waals surface area contributed by atoms with Crippen LogP contribution in [0.5, 0.6) is 0 Å². The number of carbonyl (C=O) groups is 1. The molecule has 0 spiro atoms. The molecule has 3 heteroatoms. The number of hydrogen-bond acceptors (Lipinski definition) is 3. The topological polar surface area (TPSA) is 41.8 Å². The number of Topliss-reactive ketones (excluding diaryl/α,β-unsaturated/α-hetero) is 1. The molecular weight excluding hydrogens is 236 g/mol. The molecule has 0 atom stereocenters. The standard InChI is InChI=1S/C16H12N2O/c1-9-16-14-8-12-7-13(19)4-2-10(12)6-11(14)3-5-15(16)18-17-9/h2-3,5-6,8H,4,7H2,1H3. The maximum absolute atomic E-state index is 11.6. The molecule has 19 heavy (non-hydrogen) atoms. The van der Waals surface area contributed by atoms with Gasteiger partial charge in [0.1, 0.15) is 5.78 Å². The van der Waals surface area contributed by atoms with Crippen molar-refractivity contribution in [2.75, 3.05) is 0 Å². The summed E-state index contributed by atoms with van der Waals surface area (Å²) in [6.45, 7) is 1.98. The summed E-state index contributed by atoms with van der Waals surface area (Å²) in [5.41, 5.74) is 3.18. The van der Waals surface area contributed by atoms with Crippen molar-refractivity contribution >= 4 is 28.3 Å². The van der Waals surface area contributed by atoms with Gasteiger partial charge in [0.15, 0.2) is 0 Å². The van der Waals surface area contributed by atoms with E-state index in [1.54, 1.807) is 0 Å². The van der Waals surface area contributed by atoms with Crippen LogP contribution in [-0.4, -0.2) is 11.5 Å². The molecular formula is C16H12N2O. The van der Waals surface area contributed by atoms with Gasteiger partial charge in [0, 0.05) is 18.4 Å². The van der Waals surface area contributed by atoms with E-state index in [4.69, 9.17) is 0 Å². The van der Waals surface area contributed by atoms with Gasteiger partial charge in [-0.05, 0) is 46.7 Å². The van der Waals surface area contributed by atoms with Gasteiger partial charge >= 0.3 is 0 Å². The predicted octanol–water partition coefficient (Wildman–Crippen LogP) is 1.49. The first-order valence-electron chi connectivity index (χ1n) is 6.42. The highest BCUT2D eigenvalue weighted by atomic mass is 16.1. The number of rotatable bonds is 0. The molecule has 0 aromatic heterocycles. The molecule has 2 aromatic rings. The number of ketones is 1. The average molecular weight is 248 g/mol. The molecule has 0 amide bonds. The van der Waals surface area contributed by atoms with Gasteiger partial charge in [-0.3, -0.25) is 4.79 Å². The fourth-order valence-corrected chi connectivity index (χ4v) is 2.92. The fourth-order valence-electron chi connectivity index (χ4n) is 2.92. The van der Waals surface area contributed by atoms with Crippen molar-refractivity contribution in [2.24, 2.45) is 10.2 Å². The molecule has 0 bridgehead atoms. The molecule has 1 aliphatic heterocycles. The van der Waals surface area contributed by atoms with E-state index in [9.17, 15) is 4.79 Å². The Bertz CT molecular complexity index is 891. The smallest absolute Gasteiger partial charge is 0.141 e. The van der Waals surface area contributed by atoms with E-state index in [2.05, 4.69) is 28.4 Å². The van der Waals surface area contributed by atoms with Gasteiger partial charge in [-0.2, -0.15) is 10.2 Å². The third kappa shape index (κ3) is 1.48. The van der Waals surface area contributed by atoms with Crippen LogP contribution < -0.4 is 10.6 Å². The quantitative estimate of drug-likeness (QED) is 0.696. The van der Waals surface area contributed by atoms with Gasteiger partial charge < -0.3 is 0 Å². The molecule has 4 rings (SSSR count). The normalized spacial score (nSPS) is 16.5. The van der Waals surface area contributed by atoms with Gasteiger partial charge in [0.2, 0.25) is 0 Å². The molecule has 0 saturated carbocycles. The predicted molar refractivity (Wildman–Crippen MR) is 74.7 cm³/mol. The van der Waals surface area contributed by atoms with Crippen molar-refractivity contribution in [3.8, 4) is 0 Å². The van der Waals surface area contributed by atoms with Crippen molar-refractivity contribution in [1.29, 1.82) is 0 Å². The maximum atomic E-state index is 11.6. The Labute approximate surface area is 110 Å². The van der Waals surface area contributed by atoms with E-state index < -0.39 is 0 Å². The van der Waals surface area contributed by atoms with Gasteiger partial charge in [-0.15, -0.1) is 0 Å². The van der Waals surface area contributed by atoms with Crippen molar-refractivity contribution in [3.63, 3.8) is 0 Å². The Morgan fingerprint density at radius 2 is 2.05 bits per heavy atom. The van der Waals surface area contributed by atoms with Crippen LogP contribution >= 0.6 is 0 Å². The summed E-state index contributed by atoms with van der Waals surface area (Å²) in [4.78, 5) is 11.6. The van der Waals surface area contributed by atoms with Crippen LogP contribution in [0.1, 0.15) is 24.5 Å².